The van der Waals surface area contributed by atoms with Gasteiger partial charge in [-0.15, -0.1) is 11.3 Å². The summed E-state index contributed by atoms with van der Waals surface area (Å²) in [6.07, 6.45) is 0. The number of hydrogen-bond donors (Lipinski definition) is 0. The van der Waals surface area contributed by atoms with Gasteiger partial charge in [-0.1, -0.05) is 72.8 Å². The van der Waals surface area contributed by atoms with Crippen molar-refractivity contribution in [3.05, 3.63) is 133 Å². The van der Waals surface area contributed by atoms with Gasteiger partial charge in [-0.25, -0.2) is 0 Å². The normalized spacial score (nSPS) is 12.7. The molecule has 3 aromatic heterocycles. The van der Waals surface area contributed by atoms with Gasteiger partial charge in [0, 0.05) is 58.5 Å². The summed E-state index contributed by atoms with van der Waals surface area (Å²) < 4.78 is 7.62. The van der Waals surface area contributed by atoms with Crippen molar-refractivity contribution in [2.75, 3.05) is 0 Å². The zero-order valence-electron chi connectivity index (χ0n) is 23.0. The summed E-state index contributed by atoms with van der Waals surface area (Å²) in [6, 6.07) is 49.6. The SMILES string of the molecule is c1ccc(-n2c3cccc4c3c3c5c(ccc32)ccc2c5c3c-4cccc3n2-c2ccc3sc4ccccc4c3c2)cc1. The van der Waals surface area contributed by atoms with Gasteiger partial charge in [-0.2, -0.15) is 0 Å². The molecule has 3 heteroatoms. The Hall–Kier alpha value is -5.38. The van der Waals surface area contributed by atoms with E-state index in [1.807, 2.05) is 11.3 Å². The minimum absolute atomic E-state index is 1.19. The molecule has 0 spiro atoms. The molecule has 7 aromatic carbocycles. The maximum Gasteiger partial charge on any atom is 0.0548 e. The van der Waals surface area contributed by atoms with Crippen LogP contribution in [0.4, 0.5) is 0 Å². The number of aromatic nitrogens is 2. The fraction of sp³-hybridized carbons (Fsp3) is 0. The average Bonchev–Trinajstić information content (AvgIpc) is 3.69. The van der Waals surface area contributed by atoms with E-state index in [0.717, 1.165) is 0 Å². The Balaban J connectivity index is 1.36. The number of para-hydroxylation sites is 1. The van der Waals surface area contributed by atoms with Crippen LogP contribution in [0.15, 0.2) is 133 Å². The lowest BCUT2D eigenvalue weighted by atomic mass is 9.98. The predicted octanol–water partition coefficient (Wildman–Crippen LogP) is 11.4. The van der Waals surface area contributed by atoms with E-state index < -0.39 is 0 Å². The van der Waals surface area contributed by atoms with Gasteiger partial charge < -0.3 is 9.13 Å². The molecule has 0 saturated carbocycles. The van der Waals surface area contributed by atoms with Crippen LogP contribution in [0.3, 0.4) is 0 Å². The quantitative estimate of drug-likeness (QED) is 0.198. The van der Waals surface area contributed by atoms with Crippen LogP contribution < -0.4 is 0 Å². The van der Waals surface area contributed by atoms with Gasteiger partial charge in [-0.3, -0.25) is 0 Å². The fourth-order valence-electron chi connectivity index (χ4n) is 7.95. The summed E-state index contributed by atoms with van der Waals surface area (Å²) in [5.41, 5.74) is 10.1. The van der Waals surface area contributed by atoms with Gasteiger partial charge in [0.1, 0.15) is 0 Å². The topological polar surface area (TPSA) is 9.86 Å². The standard InChI is InChI=1S/C40H22N2S/c1-2-8-24(9-3-1)41-30-13-6-11-27-28-12-7-14-31-38(28)40-33(20-17-23-16-19-32(41)39(36(23)40)37(27)30)42(31)25-18-21-35-29(22-25)26-10-4-5-15-34(26)43-35/h1-22H. The largest absolute Gasteiger partial charge is 0.309 e. The van der Waals surface area contributed by atoms with Gasteiger partial charge in [0.05, 0.1) is 22.1 Å². The fourth-order valence-corrected chi connectivity index (χ4v) is 9.03. The lowest BCUT2D eigenvalue weighted by molar-refractivity contribution is 1.18. The van der Waals surface area contributed by atoms with E-state index in [-0.39, 0.29) is 0 Å². The number of nitrogens with zero attached hydrogens (tertiary/aromatic N) is 2. The van der Waals surface area contributed by atoms with E-state index in [0.29, 0.717) is 0 Å². The first-order valence-corrected chi connectivity index (χ1v) is 15.6. The Kier molecular flexibility index (Phi) is 3.99. The van der Waals surface area contributed by atoms with E-state index in [1.165, 1.54) is 97.1 Å². The van der Waals surface area contributed by atoms with E-state index in [2.05, 4.69) is 143 Å². The first-order valence-electron chi connectivity index (χ1n) is 14.8. The van der Waals surface area contributed by atoms with Crippen molar-refractivity contribution in [1.29, 1.82) is 0 Å². The highest BCUT2D eigenvalue weighted by Crippen LogP contribution is 2.51. The van der Waals surface area contributed by atoms with Gasteiger partial charge in [0.2, 0.25) is 0 Å². The van der Waals surface area contributed by atoms with Crippen LogP contribution in [0.25, 0.3) is 97.1 Å². The lowest BCUT2D eigenvalue weighted by Crippen LogP contribution is -1.94. The number of benzene rings is 7. The Morgan fingerprint density at radius 2 is 0.977 bits per heavy atom. The summed E-state index contributed by atoms with van der Waals surface area (Å²) >= 11 is 1.87. The summed E-state index contributed by atoms with van der Waals surface area (Å²) in [7, 11) is 0. The van der Waals surface area contributed by atoms with Crippen molar-refractivity contribution < 1.29 is 0 Å². The average molecular weight is 563 g/mol. The van der Waals surface area contributed by atoms with Crippen LogP contribution in [-0.2, 0) is 0 Å². The molecular formula is C40H22N2S. The summed E-state index contributed by atoms with van der Waals surface area (Å²) in [5, 5.41) is 10.7. The maximum atomic E-state index is 2.50. The molecule has 10 aromatic rings. The van der Waals surface area contributed by atoms with Crippen LogP contribution >= 0.6 is 11.3 Å². The minimum atomic E-state index is 1.19. The first kappa shape index (κ1) is 22.2. The van der Waals surface area contributed by atoms with Gasteiger partial charge in [-0.05, 0) is 77.2 Å². The van der Waals surface area contributed by atoms with E-state index >= 15 is 0 Å². The molecule has 0 fully saturated rings. The maximum absolute atomic E-state index is 2.50. The van der Waals surface area contributed by atoms with Crippen LogP contribution in [0.2, 0.25) is 0 Å². The number of hydrogen-bond acceptors (Lipinski definition) is 1. The Bertz CT molecular complexity index is 2830. The van der Waals surface area contributed by atoms with Gasteiger partial charge in [0.25, 0.3) is 0 Å². The molecular weight excluding hydrogens is 541 g/mol. The second-order valence-corrected chi connectivity index (χ2v) is 12.8. The molecule has 0 amide bonds. The second kappa shape index (κ2) is 7.71. The molecule has 3 heterocycles. The third-order valence-electron chi connectivity index (χ3n) is 9.61. The smallest absolute Gasteiger partial charge is 0.0548 e. The molecule has 0 atom stereocenters. The van der Waals surface area contributed by atoms with Crippen molar-refractivity contribution in [1.82, 2.24) is 9.13 Å². The molecule has 11 rings (SSSR count). The monoisotopic (exact) mass is 562 g/mol. The Morgan fingerprint density at radius 1 is 0.372 bits per heavy atom. The van der Waals surface area contributed by atoms with Crippen LogP contribution in [0.1, 0.15) is 0 Å². The number of rotatable bonds is 2. The van der Waals surface area contributed by atoms with Gasteiger partial charge >= 0.3 is 0 Å². The molecule has 0 saturated heterocycles. The van der Waals surface area contributed by atoms with Crippen LogP contribution in [-0.4, -0.2) is 9.13 Å². The highest BCUT2D eigenvalue weighted by molar-refractivity contribution is 7.25. The summed E-state index contributed by atoms with van der Waals surface area (Å²) in [4.78, 5) is 0. The molecule has 0 N–H and O–H groups in total. The van der Waals surface area contributed by atoms with Crippen molar-refractivity contribution in [2.45, 2.75) is 0 Å². The predicted molar refractivity (Wildman–Crippen MR) is 185 cm³/mol. The zero-order chi connectivity index (χ0) is 27.8. The highest BCUT2D eigenvalue weighted by atomic mass is 32.1. The molecule has 43 heavy (non-hydrogen) atoms. The van der Waals surface area contributed by atoms with Crippen LogP contribution in [0.5, 0.6) is 0 Å². The minimum Gasteiger partial charge on any atom is -0.309 e. The van der Waals surface area contributed by atoms with Crippen molar-refractivity contribution in [3.8, 4) is 22.5 Å². The van der Waals surface area contributed by atoms with Gasteiger partial charge in [0.15, 0.2) is 0 Å². The summed E-state index contributed by atoms with van der Waals surface area (Å²) in [6.45, 7) is 0. The third kappa shape index (κ3) is 2.65. The van der Waals surface area contributed by atoms with Crippen LogP contribution in [0, 0.1) is 0 Å². The number of thiophene rings is 1. The molecule has 0 radical (unpaired) electrons. The van der Waals surface area contributed by atoms with Crippen molar-refractivity contribution in [2.24, 2.45) is 0 Å². The number of fused-ring (bicyclic) bond motifs is 4. The first-order chi connectivity index (χ1) is 21.3. The third-order valence-corrected chi connectivity index (χ3v) is 10.8. The second-order valence-electron chi connectivity index (χ2n) is 11.7. The molecule has 1 aliphatic carbocycles. The van der Waals surface area contributed by atoms with E-state index in [4.69, 9.17) is 0 Å². The molecule has 0 aliphatic heterocycles. The molecule has 1 aliphatic rings. The Labute approximate surface area is 250 Å². The molecule has 2 nitrogen and oxygen atoms in total. The van der Waals surface area contributed by atoms with Crippen molar-refractivity contribution >= 4 is 85.9 Å². The zero-order valence-corrected chi connectivity index (χ0v) is 23.8. The van der Waals surface area contributed by atoms with Crippen molar-refractivity contribution in [3.63, 3.8) is 0 Å². The highest BCUT2D eigenvalue weighted by Gasteiger charge is 2.26. The molecule has 0 bridgehead atoms. The summed E-state index contributed by atoms with van der Waals surface area (Å²) in [5.74, 6) is 0. The lowest BCUT2D eigenvalue weighted by Gasteiger charge is -2.11. The van der Waals surface area contributed by atoms with E-state index in [9.17, 15) is 0 Å². The molecule has 198 valence electrons. The Morgan fingerprint density at radius 3 is 1.70 bits per heavy atom. The molecule has 0 unspecified atom stereocenters. The van der Waals surface area contributed by atoms with E-state index in [1.54, 1.807) is 0 Å².